The molecular formula is C24H20FN3O4S2. The van der Waals surface area contributed by atoms with Gasteiger partial charge in [-0.15, -0.1) is 11.3 Å². The molecule has 0 fully saturated rings. The Balaban J connectivity index is 1.52. The lowest BCUT2D eigenvalue weighted by Crippen LogP contribution is -2.18. The highest BCUT2D eigenvalue weighted by Crippen LogP contribution is 2.27. The van der Waals surface area contributed by atoms with Crippen LogP contribution in [0.5, 0.6) is 5.75 Å². The molecule has 0 aliphatic heterocycles. The SMILES string of the molecule is CCOc1ccc(S(=O)(=O)Nc2ccccc2C(=O)Nc2nc(-c3ccc(F)cc3)cs2)cc1. The molecule has 10 heteroatoms. The number of thiazole rings is 1. The third-order valence-corrected chi connectivity index (χ3v) is 6.86. The van der Waals surface area contributed by atoms with Gasteiger partial charge in [-0.25, -0.2) is 17.8 Å². The van der Waals surface area contributed by atoms with E-state index in [1.165, 1.54) is 47.7 Å². The molecule has 174 valence electrons. The summed E-state index contributed by atoms with van der Waals surface area (Å²) in [5.41, 5.74) is 1.56. The minimum atomic E-state index is -3.94. The molecule has 7 nitrogen and oxygen atoms in total. The first-order valence-electron chi connectivity index (χ1n) is 10.2. The normalized spacial score (nSPS) is 11.1. The number of ether oxygens (including phenoxy) is 1. The summed E-state index contributed by atoms with van der Waals surface area (Å²) in [5, 5.41) is 4.76. The fraction of sp³-hybridized carbons (Fsp3) is 0.0833. The smallest absolute Gasteiger partial charge is 0.261 e. The van der Waals surface area contributed by atoms with Gasteiger partial charge in [0.2, 0.25) is 0 Å². The summed E-state index contributed by atoms with van der Waals surface area (Å²) in [7, 11) is -3.94. The largest absolute Gasteiger partial charge is 0.494 e. The lowest BCUT2D eigenvalue weighted by Gasteiger charge is -2.12. The third kappa shape index (κ3) is 5.41. The van der Waals surface area contributed by atoms with E-state index < -0.39 is 15.9 Å². The van der Waals surface area contributed by atoms with Crippen molar-refractivity contribution in [3.63, 3.8) is 0 Å². The van der Waals surface area contributed by atoms with Crippen LogP contribution in [0.4, 0.5) is 15.2 Å². The van der Waals surface area contributed by atoms with Crippen LogP contribution in [0.15, 0.2) is 83.1 Å². The van der Waals surface area contributed by atoms with Gasteiger partial charge in [-0.05, 0) is 67.6 Å². The Morgan fingerprint density at radius 3 is 2.44 bits per heavy atom. The van der Waals surface area contributed by atoms with Crippen LogP contribution in [0.3, 0.4) is 0 Å². The first-order valence-corrected chi connectivity index (χ1v) is 12.6. The van der Waals surface area contributed by atoms with Crippen LogP contribution >= 0.6 is 11.3 Å². The minimum Gasteiger partial charge on any atom is -0.494 e. The Morgan fingerprint density at radius 2 is 1.74 bits per heavy atom. The van der Waals surface area contributed by atoms with Gasteiger partial charge in [0.05, 0.1) is 28.4 Å². The van der Waals surface area contributed by atoms with Crippen molar-refractivity contribution in [1.82, 2.24) is 4.98 Å². The zero-order chi connectivity index (χ0) is 24.1. The summed E-state index contributed by atoms with van der Waals surface area (Å²) in [5.74, 6) is -0.313. The molecule has 0 spiro atoms. The Labute approximate surface area is 200 Å². The van der Waals surface area contributed by atoms with Crippen molar-refractivity contribution >= 4 is 38.1 Å². The van der Waals surface area contributed by atoms with Gasteiger partial charge in [0, 0.05) is 10.9 Å². The predicted octanol–water partition coefficient (Wildman–Crippen LogP) is 5.40. The molecule has 0 bridgehead atoms. The fourth-order valence-corrected chi connectivity index (χ4v) is 4.90. The van der Waals surface area contributed by atoms with E-state index in [4.69, 9.17) is 4.74 Å². The van der Waals surface area contributed by atoms with Crippen molar-refractivity contribution in [2.45, 2.75) is 11.8 Å². The number of hydrogen-bond donors (Lipinski definition) is 2. The van der Waals surface area contributed by atoms with E-state index in [0.717, 1.165) is 0 Å². The first kappa shape index (κ1) is 23.4. The maximum Gasteiger partial charge on any atom is 0.261 e. The van der Waals surface area contributed by atoms with Crippen LogP contribution in [-0.2, 0) is 10.0 Å². The van der Waals surface area contributed by atoms with E-state index in [-0.39, 0.29) is 22.0 Å². The van der Waals surface area contributed by atoms with Gasteiger partial charge in [-0.3, -0.25) is 14.8 Å². The Bertz CT molecular complexity index is 1400. The molecule has 0 aliphatic rings. The van der Waals surface area contributed by atoms with E-state index in [1.54, 1.807) is 41.8 Å². The standard InChI is InChI=1S/C24H20FN3O4S2/c1-2-32-18-11-13-19(14-12-18)34(30,31)28-21-6-4-3-5-20(21)23(29)27-24-26-22(15-33-24)16-7-9-17(25)10-8-16/h3-15,28H,2H2,1H3,(H,26,27,29). The Hall–Kier alpha value is -3.76. The van der Waals surface area contributed by atoms with Crippen LogP contribution in [0.2, 0.25) is 0 Å². The summed E-state index contributed by atoms with van der Waals surface area (Å²) in [4.78, 5) is 17.3. The van der Waals surface area contributed by atoms with Crippen LogP contribution in [-0.4, -0.2) is 25.9 Å². The number of benzene rings is 3. The minimum absolute atomic E-state index is 0.0371. The van der Waals surface area contributed by atoms with Crippen molar-refractivity contribution in [1.29, 1.82) is 0 Å². The topological polar surface area (TPSA) is 97.4 Å². The van der Waals surface area contributed by atoms with E-state index in [9.17, 15) is 17.6 Å². The number of nitrogens with zero attached hydrogens (tertiary/aromatic N) is 1. The number of aromatic nitrogens is 1. The number of sulfonamides is 1. The van der Waals surface area contributed by atoms with Gasteiger partial charge in [0.1, 0.15) is 11.6 Å². The lowest BCUT2D eigenvalue weighted by atomic mass is 10.2. The second-order valence-electron chi connectivity index (χ2n) is 7.05. The molecule has 2 N–H and O–H groups in total. The Kier molecular flexibility index (Phi) is 6.90. The highest BCUT2D eigenvalue weighted by molar-refractivity contribution is 7.92. The molecule has 0 radical (unpaired) electrons. The molecule has 1 amide bonds. The van der Waals surface area contributed by atoms with Gasteiger partial charge < -0.3 is 4.74 Å². The number of hydrogen-bond acceptors (Lipinski definition) is 6. The zero-order valence-corrected chi connectivity index (χ0v) is 19.6. The lowest BCUT2D eigenvalue weighted by molar-refractivity contribution is 0.102. The fourth-order valence-electron chi connectivity index (χ4n) is 3.10. The summed E-state index contributed by atoms with van der Waals surface area (Å²) in [6, 6.07) is 18.1. The van der Waals surface area contributed by atoms with Gasteiger partial charge >= 0.3 is 0 Å². The summed E-state index contributed by atoms with van der Waals surface area (Å²) >= 11 is 1.21. The van der Waals surface area contributed by atoms with E-state index in [1.807, 2.05) is 6.92 Å². The molecule has 0 atom stereocenters. The van der Waals surface area contributed by atoms with Gasteiger partial charge in [0.15, 0.2) is 5.13 Å². The van der Waals surface area contributed by atoms with Crippen LogP contribution in [0.1, 0.15) is 17.3 Å². The highest BCUT2D eigenvalue weighted by atomic mass is 32.2. The van der Waals surface area contributed by atoms with Gasteiger partial charge in [-0.1, -0.05) is 12.1 Å². The van der Waals surface area contributed by atoms with Crippen molar-refractivity contribution in [3.8, 4) is 17.0 Å². The number of anilines is 2. The highest BCUT2D eigenvalue weighted by Gasteiger charge is 2.19. The molecule has 4 aromatic rings. The molecule has 0 unspecified atom stereocenters. The quantitative estimate of drug-likeness (QED) is 0.340. The summed E-state index contributed by atoms with van der Waals surface area (Å²) in [6.45, 7) is 2.31. The van der Waals surface area contributed by atoms with Crippen molar-refractivity contribution in [2.24, 2.45) is 0 Å². The number of carbonyl (C=O) groups excluding carboxylic acids is 1. The van der Waals surface area contributed by atoms with Gasteiger partial charge in [0.25, 0.3) is 15.9 Å². The second kappa shape index (κ2) is 10.0. The molecule has 4 rings (SSSR count). The molecule has 0 aliphatic carbocycles. The number of carbonyl (C=O) groups is 1. The number of rotatable bonds is 8. The summed E-state index contributed by atoms with van der Waals surface area (Å²) in [6.07, 6.45) is 0. The molecule has 1 aromatic heterocycles. The van der Waals surface area contributed by atoms with E-state index in [2.05, 4.69) is 15.0 Å². The monoisotopic (exact) mass is 497 g/mol. The van der Waals surface area contributed by atoms with Gasteiger partial charge in [-0.2, -0.15) is 0 Å². The number of nitrogens with one attached hydrogen (secondary N) is 2. The van der Waals surface area contributed by atoms with E-state index in [0.29, 0.717) is 28.7 Å². The maximum absolute atomic E-state index is 13.2. The molecular weight excluding hydrogens is 477 g/mol. The van der Waals surface area contributed by atoms with E-state index >= 15 is 0 Å². The van der Waals surface area contributed by atoms with Crippen LogP contribution in [0, 0.1) is 5.82 Å². The van der Waals surface area contributed by atoms with Crippen LogP contribution < -0.4 is 14.8 Å². The second-order valence-corrected chi connectivity index (χ2v) is 9.59. The van der Waals surface area contributed by atoms with Crippen molar-refractivity contribution in [3.05, 3.63) is 89.6 Å². The number of halogens is 1. The van der Waals surface area contributed by atoms with Crippen molar-refractivity contribution < 1.29 is 22.3 Å². The average molecular weight is 498 g/mol. The molecule has 0 saturated heterocycles. The molecule has 3 aromatic carbocycles. The van der Waals surface area contributed by atoms with Crippen LogP contribution in [0.25, 0.3) is 11.3 Å². The predicted molar refractivity (Wildman–Crippen MR) is 130 cm³/mol. The number of para-hydroxylation sites is 1. The Morgan fingerprint density at radius 1 is 1.03 bits per heavy atom. The molecule has 34 heavy (non-hydrogen) atoms. The first-order chi connectivity index (χ1) is 16.4. The zero-order valence-electron chi connectivity index (χ0n) is 18.0. The number of amides is 1. The van der Waals surface area contributed by atoms with Crippen molar-refractivity contribution in [2.75, 3.05) is 16.6 Å². The maximum atomic E-state index is 13.2. The third-order valence-electron chi connectivity index (χ3n) is 4.73. The molecule has 0 saturated carbocycles. The average Bonchev–Trinajstić information content (AvgIpc) is 3.28. The molecule has 1 heterocycles. The summed E-state index contributed by atoms with van der Waals surface area (Å²) < 4.78 is 46.7.